The first-order valence-electron chi connectivity index (χ1n) is 6.59. The van der Waals surface area contributed by atoms with Crippen LogP contribution in [0.2, 0.25) is 0 Å². The molecule has 1 rings (SSSR count). The van der Waals surface area contributed by atoms with Crippen molar-refractivity contribution in [3.63, 3.8) is 0 Å². The Labute approximate surface area is 118 Å². The van der Waals surface area contributed by atoms with E-state index in [9.17, 15) is 14.4 Å². The van der Waals surface area contributed by atoms with Gasteiger partial charge in [-0.3, -0.25) is 9.69 Å². The Morgan fingerprint density at radius 1 is 1.40 bits per heavy atom. The van der Waals surface area contributed by atoms with Gasteiger partial charge in [0.25, 0.3) is 5.91 Å². The second kappa shape index (κ2) is 5.68. The highest BCUT2D eigenvalue weighted by atomic mass is 16.6. The van der Waals surface area contributed by atoms with Gasteiger partial charge in [0.1, 0.15) is 5.60 Å². The molecule has 0 saturated carbocycles. The zero-order chi connectivity index (χ0) is 15.6. The topological polar surface area (TPSA) is 84.9 Å². The number of esters is 1. The molecule has 0 aliphatic carbocycles. The van der Waals surface area contributed by atoms with Crippen molar-refractivity contribution in [2.24, 2.45) is 0 Å². The second-order valence-corrected chi connectivity index (χ2v) is 5.68. The lowest BCUT2D eigenvalue weighted by molar-refractivity contribution is -0.164. The van der Waals surface area contributed by atoms with Crippen molar-refractivity contribution in [1.82, 2.24) is 10.2 Å². The van der Waals surface area contributed by atoms with Gasteiger partial charge in [-0.15, -0.1) is 0 Å². The lowest BCUT2D eigenvalue weighted by Gasteiger charge is -2.41. The zero-order valence-corrected chi connectivity index (χ0v) is 12.6. The lowest BCUT2D eigenvalue weighted by atomic mass is 9.96. The summed E-state index contributed by atoms with van der Waals surface area (Å²) >= 11 is 0. The predicted octanol–water partition coefficient (Wildman–Crippen LogP) is 0.675. The average molecular weight is 286 g/mol. The van der Waals surface area contributed by atoms with Crippen LogP contribution in [0, 0.1) is 0 Å². The summed E-state index contributed by atoms with van der Waals surface area (Å²) in [6.07, 6.45) is -0.706. The van der Waals surface area contributed by atoms with Gasteiger partial charge in [0.2, 0.25) is 5.54 Å². The van der Waals surface area contributed by atoms with Crippen LogP contribution in [0.1, 0.15) is 34.6 Å². The van der Waals surface area contributed by atoms with E-state index in [2.05, 4.69) is 5.32 Å². The molecule has 1 unspecified atom stereocenters. The molecule has 1 fully saturated rings. The molecule has 20 heavy (non-hydrogen) atoms. The number of hydrogen-bond donors (Lipinski definition) is 1. The first kappa shape index (κ1) is 16.3. The summed E-state index contributed by atoms with van der Waals surface area (Å²) in [6.45, 7) is 8.75. The van der Waals surface area contributed by atoms with Gasteiger partial charge in [-0.2, -0.15) is 0 Å². The molecule has 1 aliphatic rings. The largest absolute Gasteiger partial charge is 0.464 e. The molecule has 0 radical (unpaired) electrons. The summed E-state index contributed by atoms with van der Waals surface area (Å²) in [7, 11) is 0. The SMILES string of the molecule is CCOC(=O)C1(C)C(=O)NCCN1C(=O)OC(C)(C)C. The summed E-state index contributed by atoms with van der Waals surface area (Å²) in [4.78, 5) is 37.4. The molecule has 1 N–H and O–H groups in total. The van der Waals surface area contributed by atoms with E-state index in [1.54, 1.807) is 27.7 Å². The van der Waals surface area contributed by atoms with Gasteiger partial charge in [-0.1, -0.05) is 0 Å². The molecule has 0 aromatic carbocycles. The van der Waals surface area contributed by atoms with Crippen LogP contribution in [-0.4, -0.2) is 53.7 Å². The molecule has 0 spiro atoms. The van der Waals surface area contributed by atoms with Gasteiger partial charge in [-0.25, -0.2) is 9.59 Å². The van der Waals surface area contributed by atoms with Gasteiger partial charge >= 0.3 is 12.1 Å². The second-order valence-electron chi connectivity index (χ2n) is 5.68. The number of rotatable bonds is 2. The van der Waals surface area contributed by atoms with E-state index in [0.29, 0.717) is 0 Å². The summed E-state index contributed by atoms with van der Waals surface area (Å²) in [5.41, 5.74) is -2.41. The summed E-state index contributed by atoms with van der Waals surface area (Å²) in [6, 6.07) is 0. The highest BCUT2D eigenvalue weighted by Crippen LogP contribution is 2.23. The number of hydrogen-bond acceptors (Lipinski definition) is 5. The summed E-state index contributed by atoms with van der Waals surface area (Å²) in [5.74, 6) is -1.32. The number of nitrogens with zero attached hydrogens (tertiary/aromatic N) is 1. The van der Waals surface area contributed by atoms with E-state index >= 15 is 0 Å². The van der Waals surface area contributed by atoms with Crippen LogP contribution in [0.3, 0.4) is 0 Å². The third kappa shape index (κ3) is 3.20. The molecule has 1 aliphatic heterocycles. The maximum Gasteiger partial charge on any atom is 0.411 e. The fourth-order valence-corrected chi connectivity index (χ4v) is 1.86. The standard InChI is InChI=1S/C13H22N2O5/c1-6-19-10(17)13(5)9(16)14-7-8-15(13)11(18)20-12(2,3)4/h6-8H2,1-5H3,(H,14,16). The Balaban J connectivity index is 3.04. The van der Waals surface area contributed by atoms with E-state index in [0.717, 1.165) is 4.90 Å². The molecule has 1 atom stereocenters. The van der Waals surface area contributed by atoms with Gasteiger partial charge in [0.15, 0.2) is 0 Å². The van der Waals surface area contributed by atoms with Crippen molar-refractivity contribution in [2.75, 3.05) is 19.7 Å². The molecular weight excluding hydrogens is 264 g/mol. The van der Waals surface area contributed by atoms with Crippen molar-refractivity contribution in [3.05, 3.63) is 0 Å². The Morgan fingerprint density at radius 3 is 2.50 bits per heavy atom. The number of carbonyl (C=O) groups is 3. The van der Waals surface area contributed by atoms with E-state index < -0.39 is 29.1 Å². The first-order valence-corrected chi connectivity index (χ1v) is 6.59. The molecule has 0 aromatic heterocycles. The predicted molar refractivity (Wildman–Crippen MR) is 71.0 cm³/mol. The van der Waals surface area contributed by atoms with Crippen LogP contribution in [-0.2, 0) is 19.1 Å². The maximum atomic E-state index is 12.2. The van der Waals surface area contributed by atoms with Crippen LogP contribution in [0.4, 0.5) is 4.79 Å². The Kier molecular flexibility index (Phi) is 4.62. The van der Waals surface area contributed by atoms with Crippen molar-refractivity contribution >= 4 is 18.0 Å². The molecule has 114 valence electrons. The van der Waals surface area contributed by atoms with Gasteiger partial charge in [-0.05, 0) is 34.6 Å². The maximum absolute atomic E-state index is 12.2. The number of nitrogens with one attached hydrogen (secondary N) is 1. The molecular formula is C13H22N2O5. The van der Waals surface area contributed by atoms with E-state index in [4.69, 9.17) is 9.47 Å². The average Bonchev–Trinajstić information content (AvgIpc) is 2.30. The molecule has 0 aromatic rings. The number of carbonyl (C=O) groups excluding carboxylic acids is 3. The van der Waals surface area contributed by atoms with Crippen molar-refractivity contribution < 1.29 is 23.9 Å². The normalized spacial score (nSPS) is 23.1. The fourth-order valence-electron chi connectivity index (χ4n) is 1.86. The number of ether oxygens (including phenoxy) is 2. The van der Waals surface area contributed by atoms with Gasteiger partial charge in [0.05, 0.1) is 6.61 Å². The van der Waals surface area contributed by atoms with Gasteiger partial charge in [0, 0.05) is 13.1 Å². The minimum atomic E-state index is -1.70. The minimum absolute atomic E-state index is 0.129. The highest BCUT2D eigenvalue weighted by molar-refractivity contribution is 6.09. The van der Waals surface area contributed by atoms with E-state index in [-0.39, 0.29) is 19.7 Å². The van der Waals surface area contributed by atoms with E-state index in [1.807, 2.05) is 0 Å². The van der Waals surface area contributed by atoms with Crippen LogP contribution < -0.4 is 5.32 Å². The van der Waals surface area contributed by atoms with Crippen LogP contribution in [0.5, 0.6) is 0 Å². The Bertz CT molecular complexity index is 415. The molecule has 7 heteroatoms. The quantitative estimate of drug-likeness (QED) is 0.596. The highest BCUT2D eigenvalue weighted by Gasteiger charge is 2.53. The molecule has 7 nitrogen and oxygen atoms in total. The molecule has 1 saturated heterocycles. The Hall–Kier alpha value is -1.79. The lowest BCUT2D eigenvalue weighted by Crippen LogP contribution is -2.69. The van der Waals surface area contributed by atoms with Crippen molar-refractivity contribution in [1.29, 1.82) is 0 Å². The van der Waals surface area contributed by atoms with Crippen molar-refractivity contribution in [2.45, 2.75) is 45.8 Å². The molecule has 2 amide bonds. The third-order valence-electron chi connectivity index (χ3n) is 2.89. The smallest absolute Gasteiger partial charge is 0.411 e. The summed E-state index contributed by atoms with van der Waals surface area (Å²) < 4.78 is 10.2. The number of amides is 2. The van der Waals surface area contributed by atoms with Crippen molar-refractivity contribution in [3.8, 4) is 0 Å². The molecule has 1 heterocycles. The van der Waals surface area contributed by atoms with Gasteiger partial charge < -0.3 is 14.8 Å². The zero-order valence-electron chi connectivity index (χ0n) is 12.6. The number of piperazine rings is 1. The third-order valence-corrected chi connectivity index (χ3v) is 2.89. The molecule has 0 bridgehead atoms. The van der Waals surface area contributed by atoms with E-state index in [1.165, 1.54) is 6.92 Å². The van der Waals surface area contributed by atoms with Crippen LogP contribution >= 0.6 is 0 Å². The Morgan fingerprint density at radius 2 is 2.00 bits per heavy atom. The minimum Gasteiger partial charge on any atom is -0.464 e. The fraction of sp³-hybridized carbons (Fsp3) is 0.769. The van der Waals surface area contributed by atoms with Crippen LogP contribution in [0.15, 0.2) is 0 Å². The van der Waals surface area contributed by atoms with Crippen LogP contribution in [0.25, 0.3) is 0 Å². The summed E-state index contributed by atoms with van der Waals surface area (Å²) in [5, 5.41) is 2.57. The monoisotopic (exact) mass is 286 g/mol. The first-order chi connectivity index (χ1) is 9.13.